The molecule has 5 nitrogen and oxygen atoms in total. The molecule has 2 rings (SSSR count). The zero-order chi connectivity index (χ0) is 14.5. The van der Waals surface area contributed by atoms with Crippen molar-refractivity contribution in [2.45, 2.75) is 38.3 Å². The molecule has 2 unspecified atom stereocenters. The van der Waals surface area contributed by atoms with Crippen LogP contribution in [0.15, 0.2) is 24.3 Å². The summed E-state index contributed by atoms with van der Waals surface area (Å²) in [7, 11) is 0. The molecule has 1 amide bonds. The van der Waals surface area contributed by atoms with Crippen molar-refractivity contribution in [2.75, 3.05) is 6.54 Å². The van der Waals surface area contributed by atoms with Crippen LogP contribution in [0.3, 0.4) is 0 Å². The topological polar surface area (TPSA) is 78.4 Å². The van der Waals surface area contributed by atoms with E-state index in [1.54, 1.807) is 6.92 Å². The van der Waals surface area contributed by atoms with Crippen LogP contribution in [0.1, 0.15) is 36.8 Å². The van der Waals surface area contributed by atoms with Crippen LogP contribution >= 0.6 is 0 Å². The van der Waals surface area contributed by atoms with Gasteiger partial charge in [0, 0.05) is 13.1 Å². The van der Waals surface area contributed by atoms with Crippen LogP contribution in [0.2, 0.25) is 0 Å². The van der Waals surface area contributed by atoms with Gasteiger partial charge >= 0.3 is 5.97 Å². The van der Waals surface area contributed by atoms with Gasteiger partial charge in [0.25, 0.3) is 0 Å². The van der Waals surface area contributed by atoms with Gasteiger partial charge in [-0.05, 0) is 30.9 Å². The van der Waals surface area contributed by atoms with Gasteiger partial charge in [-0.25, -0.2) is 0 Å². The van der Waals surface area contributed by atoms with E-state index in [1.807, 2.05) is 24.3 Å². The van der Waals surface area contributed by atoms with Gasteiger partial charge in [0.05, 0.1) is 12.0 Å². The summed E-state index contributed by atoms with van der Waals surface area (Å²) in [5.41, 5.74) is 1.83. The van der Waals surface area contributed by atoms with Crippen molar-refractivity contribution in [3.63, 3.8) is 0 Å². The molecule has 1 heterocycles. The van der Waals surface area contributed by atoms with E-state index >= 15 is 0 Å². The van der Waals surface area contributed by atoms with Crippen molar-refractivity contribution < 1.29 is 14.7 Å². The van der Waals surface area contributed by atoms with Gasteiger partial charge in [-0.3, -0.25) is 9.59 Å². The number of amides is 1. The summed E-state index contributed by atoms with van der Waals surface area (Å²) in [6, 6.07) is 7.35. The van der Waals surface area contributed by atoms with Crippen LogP contribution in [0.5, 0.6) is 0 Å². The Morgan fingerprint density at radius 2 is 2.15 bits per heavy atom. The van der Waals surface area contributed by atoms with E-state index in [1.165, 1.54) is 0 Å². The minimum Gasteiger partial charge on any atom is -0.481 e. The molecule has 1 aromatic carbocycles. The number of carboxylic acids is 1. The Balaban J connectivity index is 1.90. The molecular formula is C15H20N2O3. The summed E-state index contributed by atoms with van der Waals surface area (Å²) in [5.74, 6) is -1.26. The highest BCUT2D eigenvalue weighted by atomic mass is 16.4. The summed E-state index contributed by atoms with van der Waals surface area (Å²) < 4.78 is 0. The molecule has 0 saturated carbocycles. The maximum Gasteiger partial charge on any atom is 0.310 e. The van der Waals surface area contributed by atoms with Crippen LogP contribution in [0.4, 0.5) is 0 Å². The highest BCUT2D eigenvalue weighted by Crippen LogP contribution is 2.16. The Hall–Kier alpha value is -1.88. The molecule has 20 heavy (non-hydrogen) atoms. The third-order valence-electron chi connectivity index (χ3n) is 3.69. The number of nitrogens with one attached hydrogen (secondary N) is 2. The second kappa shape index (κ2) is 6.52. The van der Waals surface area contributed by atoms with Gasteiger partial charge in [-0.2, -0.15) is 0 Å². The lowest BCUT2D eigenvalue weighted by molar-refractivity contribution is -0.138. The van der Waals surface area contributed by atoms with Gasteiger partial charge in [0.2, 0.25) is 5.91 Å². The van der Waals surface area contributed by atoms with E-state index < -0.39 is 11.9 Å². The van der Waals surface area contributed by atoms with Gasteiger partial charge in [0.1, 0.15) is 0 Å². The normalized spacial score (nSPS) is 20.2. The first kappa shape index (κ1) is 14.5. The predicted octanol–water partition coefficient (Wildman–Crippen LogP) is 1.24. The molecule has 1 aromatic rings. The first-order valence-corrected chi connectivity index (χ1v) is 6.90. The summed E-state index contributed by atoms with van der Waals surface area (Å²) in [5, 5.41) is 15.0. The second-order valence-corrected chi connectivity index (χ2v) is 5.17. The minimum atomic E-state index is -0.824. The lowest BCUT2D eigenvalue weighted by atomic mass is 10.00. The Kier molecular flexibility index (Phi) is 4.74. The smallest absolute Gasteiger partial charge is 0.310 e. The average molecular weight is 276 g/mol. The number of aliphatic carboxylic acids is 1. The number of hydrogen-bond donors (Lipinski definition) is 3. The van der Waals surface area contributed by atoms with Crippen LogP contribution in [0.25, 0.3) is 0 Å². The van der Waals surface area contributed by atoms with E-state index in [0.29, 0.717) is 6.54 Å². The maximum absolute atomic E-state index is 11.6. The Morgan fingerprint density at radius 3 is 2.75 bits per heavy atom. The largest absolute Gasteiger partial charge is 0.481 e. The molecule has 0 aliphatic carbocycles. The van der Waals surface area contributed by atoms with E-state index in [4.69, 9.17) is 5.11 Å². The number of rotatable bonds is 5. The third-order valence-corrected chi connectivity index (χ3v) is 3.69. The van der Waals surface area contributed by atoms with E-state index in [2.05, 4.69) is 10.6 Å². The van der Waals surface area contributed by atoms with E-state index in [-0.39, 0.29) is 11.9 Å². The van der Waals surface area contributed by atoms with Gasteiger partial charge in [0.15, 0.2) is 0 Å². The Bertz CT molecular complexity index is 484. The van der Waals surface area contributed by atoms with Crippen molar-refractivity contribution >= 4 is 11.9 Å². The lowest BCUT2D eigenvalue weighted by Gasteiger charge is -2.22. The van der Waals surface area contributed by atoms with Crippen molar-refractivity contribution in [3.05, 3.63) is 35.4 Å². The van der Waals surface area contributed by atoms with Crippen LogP contribution < -0.4 is 10.6 Å². The number of carbonyl (C=O) groups excluding carboxylic acids is 1. The van der Waals surface area contributed by atoms with Gasteiger partial charge in [-0.1, -0.05) is 24.3 Å². The maximum atomic E-state index is 11.6. The zero-order valence-electron chi connectivity index (χ0n) is 11.6. The molecule has 1 saturated heterocycles. The van der Waals surface area contributed by atoms with E-state index in [9.17, 15) is 9.59 Å². The summed E-state index contributed by atoms with van der Waals surface area (Å²) in [4.78, 5) is 22.5. The van der Waals surface area contributed by atoms with Gasteiger partial charge < -0.3 is 15.7 Å². The number of carboxylic acid groups (broad SMARTS) is 1. The Morgan fingerprint density at radius 1 is 1.45 bits per heavy atom. The standard InChI is InChI=1S/C15H20N2O3/c1-10(15(19)20)12-6-4-11(5-7-12)9-17-13-3-2-8-16-14(13)18/h4-7,10,13,17H,2-3,8-9H2,1H3,(H,16,18)(H,19,20). The molecule has 0 aromatic heterocycles. The Labute approximate surface area is 118 Å². The molecule has 1 aliphatic heterocycles. The molecule has 1 aliphatic rings. The van der Waals surface area contributed by atoms with Crippen LogP contribution in [-0.4, -0.2) is 29.6 Å². The SMILES string of the molecule is CC(C(=O)O)c1ccc(CNC2CCCNC2=O)cc1. The fraction of sp³-hybridized carbons (Fsp3) is 0.467. The quantitative estimate of drug-likeness (QED) is 0.756. The number of benzene rings is 1. The zero-order valence-corrected chi connectivity index (χ0v) is 11.6. The van der Waals surface area contributed by atoms with Crippen molar-refractivity contribution in [3.8, 4) is 0 Å². The number of hydrogen-bond acceptors (Lipinski definition) is 3. The molecule has 0 bridgehead atoms. The van der Waals surface area contributed by atoms with Gasteiger partial charge in [-0.15, -0.1) is 0 Å². The average Bonchev–Trinajstić information content (AvgIpc) is 2.46. The van der Waals surface area contributed by atoms with Crippen molar-refractivity contribution in [1.82, 2.24) is 10.6 Å². The molecule has 0 spiro atoms. The fourth-order valence-corrected chi connectivity index (χ4v) is 2.27. The summed E-state index contributed by atoms with van der Waals surface area (Å²) >= 11 is 0. The monoisotopic (exact) mass is 276 g/mol. The van der Waals surface area contributed by atoms with Crippen molar-refractivity contribution in [2.24, 2.45) is 0 Å². The molecular weight excluding hydrogens is 256 g/mol. The van der Waals surface area contributed by atoms with E-state index in [0.717, 1.165) is 30.5 Å². The molecule has 0 radical (unpaired) electrons. The number of carbonyl (C=O) groups is 2. The fourth-order valence-electron chi connectivity index (χ4n) is 2.27. The highest BCUT2D eigenvalue weighted by molar-refractivity contribution is 5.82. The summed E-state index contributed by atoms with van der Waals surface area (Å²) in [6.07, 6.45) is 1.86. The lowest BCUT2D eigenvalue weighted by Crippen LogP contribution is -2.47. The molecule has 1 fully saturated rings. The van der Waals surface area contributed by atoms with Crippen molar-refractivity contribution in [1.29, 1.82) is 0 Å². The molecule has 3 N–H and O–H groups in total. The predicted molar refractivity (Wildman–Crippen MR) is 75.4 cm³/mol. The summed E-state index contributed by atoms with van der Waals surface area (Å²) in [6.45, 7) is 3.04. The first-order chi connectivity index (χ1) is 9.58. The highest BCUT2D eigenvalue weighted by Gasteiger charge is 2.21. The third kappa shape index (κ3) is 3.57. The second-order valence-electron chi connectivity index (χ2n) is 5.17. The first-order valence-electron chi connectivity index (χ1n) is 6.90. The molecule has 2 atom stereocenters. The van der Waals surface area contributed by atoms with Crippen LogP contribution in [0, 0.1) is 0 Å². The molecule has 5 heteroatoms. The number of piperidine rings is 1. The minimum absolute atomic E-state index is 0.0624. The van der Waals surface area contributed by atoms with Crippen LogP contribution in [-0.2, 0) is 16.1 Å². The molecule has 108 valence electrons.